The van der Waals surface area contributed by atoms with E-state index in [4.69, 9.17) is 17.0 Å². The van der Waals surface area contributed by atoms with Crippen molar-refractivity contribution in [2.45, 2.75) is 6.92 Å². The van der Waals surface area contributed by atoms with Gasteiger partial charge in [0, 0.05) is 18.8 Å². The van der Waals surface area contributed by atoms with Crippen molar-refractivity contribution < 1.29 is 14.3 Å². The lowest BCUT2D eigenvalue weighted by Crippen LogP contribution is -2.28. The Hall–Kier alpha value is -2.64. The van der Waals surface area contributed by atoms with Gasteiger partial charge in [0.25, 0.3) is 5.91 Å². The Bertz CT molecular complexity index is 879. The summed E-state index contributed by atoms with van der Waals surface area (Å²) in [5.41, 5.74) is 1.35. The van der Waals surface area contributed by atoms with E-state index in [0.717, 1.165) is 0 Å². The Morgan fingerprint density at radius 3 is 2.38 bits per heavy atom. The van der Waals surface area contributed by atoms with E-state index >= 15 is 0 Å². The third kappa shape index (κ3) is 3.63. The van der Waals surface area contributed by atoms with Gasteiger partial charge in [-0.2, -0.15) is 0 Å². The molecule has 0 bridgehead atoms. The summed E-state index contributed by atoms with van der Waals surface area (Å²) in [5.74, 6) is 0.250. The first-order chi connectivity index (χ1) is 12.5. The summed E-state index contributed by atoms with van der Waals surface area (Å²) in [6.45, 7) is 1.45. The van der Waals surface area contributed by atoms with Crippen molar-refractivity contribution in [3.63, 3.8) is 0 Å². The van der Waals surface area contributed by atoms with Crippen molar-refractivity contribution >= 4 is 51.5 Å². The first-order valence-corrected chi connectivity index (χ1v) is 9.00. The highest BCUT2D eigenvalue weighted by Gasteiger charge is 2.34. The SMILES string of the molecule is COc1ccc(N2C(=O)C(=CN(C(C)=O)c3ccccc3)SC2=S)cc1. The molecule has 7 heteroatoms. The minimum Gasteiger partial charge on any atom is -0.497 e. The van der Waals surface area contributed by atoms with Crippen molar-refractivity contribution in [1.29, 1.82) is 0 Å². The highest BCUT2D eigenvalue weighted by atomic mass is 32.2. The molecule has 1 fully saturated rings. The maximum absolute atomic E-state index is 12.8. The molecule has 0 spiro atoms. The fraction of sp³-hybridized carbons (Fsp3) is 0.105. The van der Waals surface area contributed by atoms with Crippen molar-refractivity contribution in [1.82, 2.24) is 0 Å². The highest BCUT2D eigenvalue weighted by molar-refractivity contribution is 8.27. The van der Waals surface area contributed by atoms with E-state index < -0.39 is 0 Å². The van der Waals surface area contributed by atoms with Gasteiger partial charge in [-0.15, -0.1) is 0 Å². The molecular formula is C19H16N2O3S2. The van der Waals surface area contributed by atoms with Crippen molar-refractivity contribution in [2.24, 2.45) is 0 Å². The monoisotopic (exact) mass is 384 g/mol. The van der Waals surface area contributed by atoms with Gasteiger partial charge in [-0.05, 0) is 36.4 Å². The molecule has 1 aliphatic rings. The molecule has 0 aliphatic carbocycles. The number of amides is 2. The minimum atomic E-state index is -0.257. The molecule has 1 saturated heterocycles. The van der Waals surface area contributed by atoms with Crippen LogP contribution in [0.2, 0.25) is 0 Å². The quantitative estimate of drug-likeness (QED) is 0.590. The average molecular weight is 384 g/mol. The number of hydrogen-bond acceptors (Lipinski definition) is 5. The fourth-order valence-electron chi connectivity index (χ4n) is 2.47. The summed E-state index contributed by atoms with van der Waals surface area (Å²) in [7, 11) is 1.58. The number of thiocarbonyl (C=S) groups is 1. The molecule has 26 heavy (non-hydrogen) atoms. The van der Waals surface area contributed by atoms with E-state index in [0.29, 0.717) is 26.3 Å². The second-order valence-corrected chi connectivity index (χ2v) is 7.10. The number of ether oxygens (including phenoxy) is 1. The number of benzene rings is 2. The maximum atomic E-state index is 12.8. The van der Waals surface area contributed by atoms with Gasteiger partial charge in [0.15, 0.2) is 4.32 Å². The van der Waals surface area contributed by atoms with Crippen LogP contribution in [-0.2, 0) is 9.59 Å². The summed E-state index contributed by atoms with van der Waals surface area (Å²) in [6, 6.07) is 16.2. The molecule has 3 rings (SSSR count). The maximum Gasteiger partial charge on any atom is 0.272 e. The third-order valence-electron chi connectivity index (χ3n) is 3.74. The zero-order chi connectivity index (χ0) is 18.7. The lowest BCUT2D eigenvalue weighted by atomic mass is 10.2. The van der Waals surface area contributed by atoms with E-state index in [9.17, 15) is 9.59 Å². The molecule has 132 valence electrons. The van der Waals surface area contributed by atoms with Crippen LogP contribution in [0.15, 0.2) is 65.7 Å². The van der Waals surface area contributed by atoms with Crippen LogP contribution in [0.4, 0.5) is 11.4 Å². The van der Waals surface area contributed by atoms with Crippen LogP contribution in [0.5, 0.6) is 5.75 Å². The largest absolute Gasteiger partial charge is 0.497 e. The van der Waals surface area contributed by atoms with Gasteiger partial charge in [-0.25, -0.2) is 0 Å². The van der Waals surface area contributed by atoms with Gasteiger partial charge in [0.2, 0.25) is 5.91 Å². The minimum absolute atomic E-state index is 0.189. The molecule has 0 saturated carbocycles. The fourth-order valence-corrected chi connectivity index (χ4v) is 3.73. The normalized spacial score (nSPS) is 15.5. The molecule has 1 aliphatic heterocycles. The number of carbonyl (C=O) groups excluding carboxylic acids is 2. The van der Waals surface area contributed by atoms with Crippen molar-refractivity contribution in [3.8, 4) is 5.75 Å². The molecule has 0 radical (unpaired) electrons. The predicted octanol–water partition coefficient (Wildman–Crippen LogP) is 3.95. The van der Waals surface area contributed by atoms with E-state index in [2.05, 4.69) is 0 Å². The van der Waals surface area contributed by atoms with Gasteiger partial charge in [-0.1, -0.05) is 42.2 Å². The Labute approximate surface area is 161 Å². The van der Waals surface area contributed by atoms with Gasteiger partial charge < -0.3 is 4.74 Å². The molecule has 2 amide bonds. The number of hydrogen-bond donors (Lipinski definition) is 0. The standard InChI is InChI=1S/C19H16N2O3S2/c1-13(22)20(14-6-4-3-5-7-14)12-17-18(23)21(19(25)26-17)15-8-10-16(24-2)11-9-15/h3-12H,1-2H3. The summed E-state index contributed by atoms with van der Waals surface area (Å²) in [6.07, 6.45) is 1.54. The predicted molar refractivity (Wildman–Crippen MR) is 108 cm³/mol. The number of carbonyl (C=O) groups is 2. The summed E-state index contributed by atoms with van der Waals surface area (Å²) >= 11 is 6.54. The Morgan fingerprint density at radius 1 is 1.15 bits per heavy atom. The van der Waals surface area contributed by atoms with E-state index in [1.807, 2.05) is 30.3 Å². The lowest BCUT2D eigenvalue weighted by Gasteiger charge is -2.17. The summed E-state index contributed by atoms with van der Waals surface area (Å²) < 4.78 is 5.56. The van der Waals surface area contributed by atoms with E-state index in [1.165, 1.54) is 28.5 Å². The first-order valence-electron chi connectivity index (χ1n) is 7.78. The van der Waals surface area contributed by atoms with Crippen LogP contribution in [0.3, 0.4) is 0 Å². The first kappa shape index (κ1) is 18.2. The van der Waals surface area contributed by atoms with Crippen molar-refractivity contribution in [3.05, 3.63) is 65.7 Å². The van der Waals surface area contributed by atoms with Crippen LogP contribution in [0.1, 0.15) is 6.92 Å². The van der Waals surface area contributed by atoms with Crippen LogP contribution >= 0.6 is 24.0 Å². The molecule has 0 unspecified atom stereocenters. The number of nitrogens with zero attached hydrogens (tertiary/aromatic N) is 2. The van der Waals surface area contributed by atoms with Gasteiger partial charge in [0.1, 0.15) is 5.75 Å². The van der Waals surface area contributed by atoms with Gasteiger partial charge in [-0.3, -0.25) is 19.4 Å². The molecule has 0 atom stereocenters. The summed E-state index contributed by atoms with van der Waals surface area (Å²) in [5, 5.41) is 0. The Morgan fingerprint density at radius 2 is 1.81 bits per heavy atom. The van der Waals surface area contributed by atoms with Gasteiger partial charge >= 0.3 is 0 Å². The van der Waals surface area contributed by atoms with E-state index in [-0.39, 0.29) is 11.8 Å². The number of methoxy groups -OCH3 is 1. The zero-order valence-corrected chi connectivity index (χ0v) is 15.8. The number of para-hydroxylation sites is 1. The molecular weight excluding hydrogens is 368 g/mol. The van der Waals surface area contributed by atoms with Crippen molar-refractivity contribution in [2.75, 3.05) is 16.9 Å². The zero-order valence-electron chi connectivity index (χ0n) is 14.2. The van der Waals surface area contributed by atoms with Crippen LogP contribution in [-0.4, -0.2) is 23.2 Å². The smallest absolute Gasteiger partial charge is 0.272 e. The van der Waals surface area contributed by atoms with E-state index in [1.54, 1.807) is 37.6 Å². The molecule has 2 aromatic rings. The lowest BCUT2D eigenvalue weighted by molar-refractivity contribution is -0.116. The molecule has 0 aromatic heterocycles. The number of rotatable bonds is 4. The molecule has 0 N–H and O–H groups in total. The second-order valence-electron chi connectivity index (χ2n) is 5.42. The average Bonchev–Trinajstić information content (AvgIpc) is 2.93. The molecule has 2 aromatic carbocycles. The van der Waals surface area contributed by atoms with Crippen LogP contribution < -0.4 is 14.5 Å². The molecule has 5 nitrogen and oxygen atoms in total. The number of anilines is 2. The molecule has 1 heterocycles. The third-order valence-corrected chi connectivity index (χ3v) is 5.03. The highest BCUT2D eigenvalue weighted by Crippen LogP contribution is 2.36. The van der Waals surface area contributed by atoms with Gasteiger partial charge in [0.05, 0.1) is 17.7 Å². The Kier molecular flexibility index (Phi) is 5.39. The topological polar surface area (TPSA) is 49.9 Å². The second kappa shape index (κ2) is 7.72. The number of thioether (sulfide) groups is 1. The van der Waals surface area contributed by atoms with Crippen LogP contribution in [0, 0.1) is 0 Å². The summed E-state index contributed by atoms with van der Waals surface area (Å²) in [4.78, 5) is 28.2. The Balaban J connectivity index is 1.91. The van der Waals surface area contributed by atoms with Crippen LogP contribution in [0.25, 0.3) is 0 Å².